The van der Waals surface area contributed by atoms with Crippen molar-refractivity contribution in [1.29, 1.82) is 0 Å². The maximum Gasteiger partial charge on any atom is 0.573 e. The minimum absolute atomic E-state index is 0.0746. The van der Waals surface area contributed by atoms with E-state index in [9.17, 15) is 22.8 Å². The Hall–Kier alpha value is -3.45. The molecule has 0 aliphatic heterocycles. The number of thioether (sulfide) groups is 1. The third kappa shape index (κ3) is 6.79. The van der Waals surface area contributed by atoms with Crippen molar-refractivity contribution >= 4 is 39.9 Å². The summed E-state index contributed by atoms with van der Waals surface area (Å²) < 4.78 is 53.1. The molecule has 2 amide bonds. The van der Waals surface area contributed by atoms with Crippen LogP contribution in [0.5, 0.6) is 17.2 Å². The molecule has 0 atom stereocenters. The van der Waals surface area contributed by atoms with E-state index in [0.29, 0.717) is 21.4 Å². The summed E-state index contributed by atoms with van der Waals surface area (Å²) in [5.74, 6) is -1.05. The fourth-order valence-electron chi connectivity index (χ4n) is 2.92. The molecule has 0 aliphatic carbocycles. The number of aromatic nitrogens is 1. The monoisotopic (exact) mass is 527 g/mol. The Labute approximate surface area is 206 Å². The smallest absolute Gasteiger partial charge is 0.497 e. The lowest BCUT2D eigenvalue weighted by Crippen LogP contribution is -2.25. The zero-order chi connectivity index (χ0) is 25.6. The lowest BCUT2D eigenvalue weighted by atomic mass is 10.2. The second-order valence-electron chi connectivity index (χ2n) is 6.72. The molecule has 0 aliphatic rings. The number of rotatable bonds is 9. The van der Waals surface area contributed by atoms with Gasteiger partial charge >= 0.3 is 6.36 Å². The van der Waals surface area contributed by atoms with E-state index in [1.165, 1.54) is 44.2 Å². The highest BCUT2D eigenvalue weighted by molar-refractivity contribution is 8.00. The summed E-state index contributed by atoms with van der Waals surface area (Å²) in [4.78, 5) is 29.9. The van der Waals surface area contributed by atoms with Gasteiger partial charge in [-0.25, -0.2) is 4.98 Å². The molecule has 0 unspecified atom stereocenters. The molecule has 1 heterocycles. The van der Waals surface area contributed by atoms with Gasteiger partial charge in [-0.05, 0) is 30.5 Å². The molecule has 0 radical (unpaired) electrons. The van der Waals surface area contributed by atoms with Gasteiger partial charge in [0.1, 0.15) is 22.2 Å². The molecular weight excluding hydrogens is 507 g/mol. The minimum atomic E-state index is -4.97. The summed E-state index contributed by atoms with van der Waals surface area (Å²) in [6.07, 6.45) is -3.23. The van der Waals surface area contributed by atoms with Crippen molar-refractivity contribution in [3.05, 3.63) is 59.3 Å². The standard InChI is InChI=1S/C22H20F3N3O5S2/c1-31-13-9-8-12(16(10-13)32-2)11-26-19(30)17-20(35-21(27-17)34-3)28-18(29)14-6-4-5-7-15(14)33-22(23,24)25/h4-10H,11H2,1-3H3,(H,26,30)(H,28,29). The van der Waals surface area contributed by atoms with E-state index in [4.69, 9.17) is 9.47 Å². The predicted octanol–water partition coefficient (Wildman–Crippen LogP) is 4.96. The van der Waals surface area contributed by atoms with Crippen LogP contribution in [0.3, 0.4) is 0 Å². The Kier molecular flexibility index (Phi) is 8.46. The minimum Gasteiger partial charge on any atom is -0.497 e. The average Bonchev–Trinajstić information content (AvgIpc) is 3.24. The van der Waals surface area contributed by atoms with E-state index in [1.54, 1.807) is 24.5 Å². The Morgan fingerprint density at radius 3 is 2.46 bits per heavy atom. The fraction of sp³-hybridized carbons (Fsp3) is 0.227. The van der Waals surface area contributed by atoms with Gasteiger partial charge in [-0.15, -0.1) is 13.2 Å². The maximum atomic E-state index is 12.9. The van der Waals surface area contributed by atoms with Gasteiger partial charge in [-0.1, -0.05) is 35.2 Å². The highest BCUT2D eigenvalue weighted by Crippen LogP contribution is 2.33. The third-order valence-corrected chi connectivity index (χ3v) is 6.47. The number of nitrogens with zero attached hydrogens (tertiary/aromatic N) is 1. The molecule has 0 spiro atoms. The van der Waals surface area contributed by atoms with Gasteiger partial charge in [0.15, 0.2) is 10.0 Å². The predicted molar refractivity (Wildman–Crippen MR) is 126 cm³/mol. The number of alkyl halides is 3. The molecule has 1 aromatic heterocycles. The Morgan fingerprint density at radius 1 is 1.06 bits per heavy atom. The van der Waals surface area contributed by atoms with E-state index in [0.717, 1.165) is 17.4 Å². The van der Waals surface area contributed by atoms with Crippen LogP contribution < -0.4 is 24.8 Å². The van der Waals surface area contributed by atoms with Gasteiger partial charge in [0.05, 0.1) is 19.8 Å². The Bertz CT molecular complexity index is 1220. The van der Waals surface area contributed by atoms with Crippen molar-refractivity contribution < 1.29 is 37.0 Å². The van der Waals surface area contributed by atoms with E-state index >= 15 is 0 Å². The Balaban J connectivity index is 1.80. The lowest BCUT2D eigenvalue weighted by molar-refractivity contribution is -0.274. The van der Waals surface area contributed by atoms with Crippen LogP contribution in [0.15, 0.2) is 46.8 Å². The molecular formula is C22H20F3N3O5S2. The van der Waals surface area contributed by atoms with E-state index in [2.05, 4.69) is 20.4 Å². The number of amides is 2. The van der Waals surface area contributed by atoms with Crippen molar-refractivity contribution in [2.75, 3.05) is 25.8 Å². The molecule has 2 N–H and O–H groups in total. The average molecular weight is 528 g/mol. The van der Waals surface area contributed by atoms with Crippen LogP contribution in [0.2, 0.25) is 0 Å². The number of carbonyl (C=O) groups excluding carboxylic acids is 2. The number of hydrogen-bond acceptors (Lipinski definition) is 8. The first-order chi connectivity index (χ1) is 16.6. The third-order valence-electron chi connectivity index (χ3n) is 4.52. The van der Waals surface area contributed by atoms with Crippen LogP contribution in [-0.4, -0.2) is 43.6 Å². The number of para-hydroxylation sites is 1. The lowest BCUT2D eigenvalue weighted by Gasteiger charge is -2.13. The second-order valence-corrected chi connectivity index (χ2v) is 8.77. The summed E-state index contributed by atoms with van der Waals surface area (Å²) in [5, 5.41) is 5.27. The molecule has 0 fully saturated rings. The van der Waals surface area contributed by atoms with Crippen molar-refractivity contribution in [1.82, 2.24) is 10.3 Å². The normalized spacial score (nSPS) is 11.0. The molecule has 186 valence electrons. The summed E-state index contributed by atoms with van der Waals surface area (Å²) >= 11 is 2.27. The first-order valence-corrected chi connectivity index (χ1v) is 11.9. The fourth-order valence-corrected chi connectivity index (χ4v) is 4.38. The van der Waals surface area contributed by atoms with E-state index in [1.807, 2.05) is 0 Å². The largest absolute Gasteiger partial charge is 0.573 e. The van der Waals surface area contributed by atoms with Crippen LogP contribution in [-0.2, 0) is 6.54 Å². The molecule has 3 rings (SSSR count). The quantitative estimate of drug-likeness (QED) is 0.380. The molecule has 0 saturated carbocycles. The topological polar surface area (TPSA) is 98.8 Å². The number of ether oxygens (including phenoxy) is 3. The molecule has 3 aromatic rings. The molecule has 13 heteroatoms. The van der Waals surface area contributed by atoms with Crippen LogP contribution in [0.4, 0.5) is 18.2 Å². The van der Waals surface area contributed by atoms with Gasteiger partial charge in [-0.3, -0.25) is 9.59 Å². The summed E-state index contributed by atoms with van der Waals surface area (Å²) in [7, 11) is 3.00. The summed E-state index contributed by atoms with van der Waals surface area (Å²) in [5.41, 5.74) is 0.249. The first kappa shape index (κ1) is 26.2. The first-order valence-electron chi connectivity index (χ1n) is 9.85. The van der Waals surface area contributed by atoms with Crippen molar-refractivity contribution in [2.45, 2.75) is 17.2 Å². The molecule has 0 saturated heterocycles. The van der Waals surface area contributed by atoms with Gasteiger partial charge < -0.3 is 24.8 Å². The van der Waals surface area contributed by atoms with Crippen LogP contribution >= 0.6 is 23.1 Å². The van der Waals surface area contributed by atoms with Crippen molar-refractivity contribution in [2.24, 2.45) is 0 Å². The van der Waals surface area contributed by atoms with E-state index < -0.39 is 23.9 Å². The SMILES string of the molecule is COc1ccc(CNC(=O)c2nc(SC)sc2NC(=O)c2ccccc2OC(F)(F)F)c(OC)c1. The van der Waals surface area contributed by atoms with Crippen LogP contribution in [0.1, 0.15) is 26.4 Å². The number of nitrogens with one attached hydrogen (secondary N) is 2. The summed E-state index contributed by atoms with van der Waals surface area (Å²) in [6, 6.07) is 10.0. The molecule has 8 nitrogen and oxygen atoms in total. The highest BCUT2D eigenvalue weighted by atomic mass is 32.2. The van der Waals surface area contributed by atoms with Gasteiger partial charge in [-0.2, -0.15) is 0 Å². The molecule has 0 bridgehead atoms. The van der Waals surface area contributed by atoms with Gasteiger partial charge in [0, 0.05) is 18.2 Å². The number of methoxy groups -OCH3 is 2. The maximum absolute atomic E-state index is 12.9. The van der Waals surface area contributed by atoms with Gasteiger partial charge in [0.25, 0.3) is 11.8 Å². The Morgan fingerprint density at radius 2 is 1.80 bits per heavy atom. The number of halogens is 3. The number of anilines is 1. The number of thiazole rings is 1. The van der Waals surface area contributed by atoms with Crippen molar-refractivity contribution in [3.63, 3.8) is 0 Å². The molecule has 2 aromatic carbocycles. The van der Waals surface area contributed by atoms with Gasteiger partial charge in [0.2, 0.25) is 0 Å². The number of carbonyl (C=O) groups is 2. The van der Waals surface area contributed by atoms with E-state index in [-0.39, 0.29) is 22.8 Å². The van der Waals surface area contributed by atoms with Crippen LogP contribution in [0.25, 0.3) is 0 Å². The highest BCUT2D eigenvalue weighted by Gasteiger charge is 2.33. The zero-order valence-corrected chi connectivity index (χ0v) is 20.3. The second kappa shape index (κ2) is 11.3. The summed E-state index contributed by atoms with van der Waals surface area (Å²) in [6.45, 7) is 0.0910. The molecule has 35 heavy (non-hydrogen) atoms. The van der Waals surface area contributed by atoms with Crippen LogP contribution in [0, 0.1) is 0 Å². The number of hydrogen-bond donors (Lipinski definition) is 2. The zero-order valence-electron chi connectivity index (χ0n) is 18.7. The van der Waals surface area contributed by atoms with Crippen molar-refractivity contribution in [3.8, 4) is 17.2 Å². The number of benzene rings is 2.